The third-order valence-corrected chi connectivity index (χ3v) is 3.04. The minimum absolute atomic E-state index is 0.0156. The number of amides is 1. The van der Waals surface area contributed by atoms with E-state index in [0.29, 0.717) is 13.0 Å². The molecule has 1 aromatic carbocycles. The number of carbonyl (C=O) groups excluding carboxylic acids is 1. The minimum atomic E-state index is -4.68. The zero-order valence-corrected chi connectivity index (χ0v) is 10.2. The van der Waals surface area contributed by atoms with E-state index in [9.17, 15) is 18.0 Å². The molecule has 0 saturated carbocycles. The summed E-state index contributed by atoms with van der Waals surface area (Å²) in [6.07, 6.45) is -2.39. The predicted molar refractivity (Wildman–Crippen MR) is 62.6 cm³/mol. The molecule has 1 unspecified atom stereocenters. The summed E-state index contributed by atoms with van der Waals surface area (Å²) in [4.78, 5) is 11.6. The van der Waals surface area contributed by atoms with Gasteiger partial charge in [0.05, 0.1) is 0 Å². The molecule has 0 aromatic heterocycles. The molecule has 1 heterocycles. The van der Waals surface area contributed by atoms with Crippen LogP contribution in [-0.4, -0.2) is 18.8 Å². The fourth-order valence-corrected chi connectivity index (χ4v) is 2.14. The molecule has 1 atom stereocenters. The molecule has 0 bridgehead atoms. The van der Waals surface area contributed by atoms with Gasteiger partial charge in [0.2, 0.25) is 5.91 Å². The Morgan fingerprint density at radius 1 is 1.26 bits per heavy atom. The van der Waals surface area contributed by atoms with Crippen molar-refractivity contribution in [2.75, 3.05) is 6.54 Å². The van der Waals surface area contributed by atoms with E-state index in [1.807, 2.05) is 0 Å². The Bertz CT molecular complexity index is 442. The summed E-state index contributed by atoms with van der Waals surface area (Å²) in [5.41, 5.74) is 0.830. The van der Waals surface area contributed by atoms with Crippen LogP contribution in [0.4, 0.5) is 13.2 Å². The van der Waals surface area contributed by atoms with E-state index >= 15 is 0 Å². The van der Waals surface area contributed by atoms with Crippen molar-refractivity contribution in [3.05, 3.63) is 29.8 Å². The van der Waals surface area contributed by atoms with E-state index < -0.39 is 6.36 Å². The van der Waals surface area contributed by atoms with Crippen molar-refractivity contribution in [1.82, 2.24) is 5.32 Å². The van der Waals surface area contributed by atoms with Crippen LogP contribution < -0.4 is 10.1 Å². The Labute approximate surface area is 108 Å². The van der Waals surface area contributed by atoms with E-state index in [2.05, 4.69) is 10.1 Å². The molecule has 1 aliphatic rings. The molecule has 0 spiro atoms. The SMILES string of the molecule is O=C1NCCCC1Cc1ccc(OC(F)(F)F)cc1. The molecule has 0 aliphatic carbocycles. The van der Waals surface area contributed by atoms with Crippen LogP contribution in [0.25, 0.3) is 0 Å². The first kappa shape index (κ1) is 13.7. The smallest absolute Gasteiger partial charge is 0.406 e. The zero-order valence-electron chi connectivity index (χ0n) is 10.2. The number of hydrogen-bond donors (Lipinski definition) is 1. The molecule has 3 nitrogen and oxygen atoms in total. The lowest BCUT2D eigenvalue weighted by Gasteiger charge is -2.21. The Balaban J connectivity index is 1.96. The van der Waals surface area contributed by atoms with Crippen LogP contribution in [0.5, 0.6) is 5.75 Å². The molecule has 104 valence electrons. The van der Waals surface area contributed by atoms with Crippen molar-refractivity contribution < 1.29 is 22.7 Å². The summed E-state index contributed by atoms with van der Waals surface area (Å²) < 4.78 is 39.8. The second-order valence-electron chi connectivity index (χ2n) is 4.53. The monoisotopic (exact) mass is 273 g/mol. The number of hydrogen-bond acceptors (Lipinski definition) is 2. The number of carbonyl (C=O) groups is 1. The highest BCUT2D eigenvalue weighted by Crippen LogP contribution is 2.24. The van der Waals surface area contributed by atoms with Crippen molar-refractivity contribution >= 4 is 5.91 Å². The molecule has 1 aromatic rings. The van der Waals surface area contributed by atoms with Gasteiger partial charge in [0.15, 0.2) is 0 Å². The third-order valence-electron chi connectivity index (χ3n) is 3.04. The van der Waals surface area contributed by atoms with Crippen molar-refractivity contribution in [3.63, 3.8) is 0 Å². The molecule has 19 heavy (non-hydrogen) atoms. The van der Waals surface area contributed by atoms with E-state index in [-0.39, 0.29) is 17.6 Å². The molecule has 6 heteroatoms. The molecule has 1 aliphatic heterocycles. The first-order valence-corrected chi connectivity index (χ1v) is 6.06. The standard InChI is InChI=1S/C13H14F3NO2/c14-13(15,16)19-11-5-3-9(4-6-11)8-10-2-1-7-17-12(10)18/h3-6,10H,1-2,7-8H2,(H,17,18). The zero-order chi connectivity index (χ0) is 13.9. The van der Waals surface area contributed by atoms with Gasteiger partial charge in [-0.3, -0.25) is 4.79 Å². The maximum Gasteiger partial charge on any atom is 0.573 e. The van der Waals surface area contributed by atoms with Gasteiger partial charge >= 0.3 is 6.36 Å². The van der Waals surface area contributed by atoms with Gasteiger partial charge < -0.3 is 10.1 Å². The van der Waals surface area contributed by atoms with Gasteiger partial charge in [0, 0.05) is 12.5 Å². The second-order valence-corrected chi connectivity index (χ2v) is 4.53. The number of alkyl halides is 3. The van der Waals surface area contributed by atoms with E-state index in [1.165, 1.54) is 12.1 Å². The molecule has 2 rings (SSSR count). The highest BCUT2D eigenvalue weighted by molar-refractivity contribution is 5.79. The van der Waals surface area contributed by atoms with Crippen molar-refractivity contribution in [1.29, 1.82) is 0 Å². The normalized spacial score (nSPS) is 19.9. The lowest BCUT2D eigenvalue weighted by atomic mass is 9.91. The molecule has 1 amide bonds. The summed E-state index contributed by atoms with van der Waals surface area (Å²) in [5, 5.41) is 2.78. The Morgan fingerprint density at radius 2 is 1.95 bits per heavy atom. The fraction of sp³-hybridized carbons (Fsp3) is 0.462. The lowest BCUT2D eigenvalue weighted by Crippen LogP contribution is -2.37. The number of halogens is 3. The summed E-state index contributed by atoms with van der Waals surface area (Å²) in [5.74, 6) is -0.325. The third kappa shape index (κ3) is 4.15. The maximum absolute atomic E-state index is 12.0. The molecule has 0 radical (unpaired) electrons. The quantitative estimate of drug-likeness (QED) is 0.919. The number of piperidine rings is 1. The van der Waals surface area contributed by atoms with E-state index in [1.54, 1.807) is 12.1 Å². The van der Waals surface area contributed by atoms with Gasteiger partial charge in [-0.25, -0.2) is 0 Å². The summed E-state index contributed by atoms with van der Waals surface area (Å²) in [6, 6.07) is 5.65. The largest absolute Gasteiger partial charge is 0.573 e. The van der Waals surface area contributed by atoms with Gasteiger partial charge in [-0.05, 0) is 37.0 Å². The summed E-state index contributed by atoms with van der Waals surface area (Å²) >= 11 is 0. The number of nitrogens with one attached hydrogen (secondary N) is 1. The van der Waals surface area contributed by atoms with Gasteiger partial charge in [-0.2, -0.15) is 0 Å². The van der Waals surface area contributed by atoms with Crippen LogP contribution in [0.15, 0.2) is 24.3 Å². The molecular weight excluding hydrogens is 259 g/mol. The number of rotatable bonds is 3. The van der Waals surface area contributed by atoms with Crippen LogP contribution in [0.2, 0.25) is 0 Å². The Hall–Kier alpha value is -1.72. The topological polar surface area (TPSA) is 38.3 Å². The first-order chi connectivity index (χ1) is 8.94. The van der Waals surface area contributed by atoms with Crippen molar-refractivity contribution in [2.45, 2.75) is 25.6 Å². The van der Waals surface area contributed by atoms with Crippen LogP contribution in [-0.2, 0) is 11.2 Å². The highest BCUT2D eigenvalue weighted by atomic mass is 19.4. The number of benzene rings is 1. The first-order valence-electron chi connectivity index (χ1n) is 6.06. The molecular formula is C13H14F3NO2. The van der Waals surface area contributed by atoms with E-state index in [4.69, 9.17) is 0 Å². The van der Waals surface area contributed by atoms with Crippen molar-refractivity contribution in [3.8, 4) is 5.75 Å². The maximum atomic E-state index is 12.0. The second kappa shape index (κ2) is 5.50. The van der Waals surface area contributed by atoms with Crippen LogP contribution in [0.1, 0.15) is 18.4 Å². The van der Waals surface area contributed by atoms with E-state index in [0.717, 1.165) is 18.4 Å². The van der Waals surface area contributed by atoms with Gasteiger partial charge in [0.1, 0.15) is 5.75 Å². The predicted octanol–water partition coefficient (Wildman–Crippen LogP) is 2.65. The highest BCUT2D eigenvalue weighted by Gasteiger charge is 2.31. The molecule has 1 saturated heterocycles. The number of ether oxygens (including phenoxy) is 1. The van der Waals surface area contributed by atoms with Crippen molar-refractivity contribution in [2.24, 2.45) is 5.92 Å². The van der Waals surface area contributed by atoms with Crippen LogP contribution >= 0.6 is 0 Å². The minimum Gasteiger partial charge on any atom is -0.406 e. The van der Waals surface area contributed by atoms with Gasteiger partial charge in [-0.1, -0.05) is 12.1 Å². The molecule has 1 N–H and O–H groups in total. The van der Waals surface area contributed by atoms with Gasteiger partial charge in [0.25, 0.3) is 0 Å². The Morgan fingerprint density at radius 3 is 2.53 bits per heavy atom. The summed E-state index contributed by atoms with van der Waals surface area (Å²) in [7, 11) is 0. The Kier molecular flexibility index (Phi) is 3.97. The molecule has 1 fully saturated rings. The fourth-order valence-electron chi connectivity index (χ4n) is 2.14. The van der Waals surface area contributed by atoms with Gasteiger partial charge in [-0.15, -0.1) is 13.2 Å². The van der Waals surface area contributed by atoms with Crippen LogP contribution in [0, 0.1) is 5.92 Å². The average Bonchev–Trinajstić information content (AvgIpc) is 2.33. The van der Waals surface area contributed by atoms with Crippen LogP contribution in [0.3, 0.4) is 0 Å². The lowest BCUT2D eigenvalue weighted by molar-refractivity contribution is -0.274. The summed E-state index contributed by atoms with van der Waals surface area (Å²) in [6.45, 7) is 0.702. The average molecular weight is 273 g/mol.